The Labute approximate surface area is 104 Å². The van der Waals surface area contributed by atoms with Crippen LogP contribution >= 0.6 is 15.9 Å². The van der Waals surface area contributed by atoms with Crippen molar-refractivity contribution in [2.24, 2.45) is 11.7 Å². The normalized spacial score (nSPS) is 17.2. The van der Waals surface area contributed by atoms with E-state index in [-0.39, 0.29) is 6.54 Å². The van der Waals surface area contributed by atoms with Gasteiger partial charge in [-0.1, -0.05) is 6.07 Å². The lowest BCUT2D eigenvalue weighted by Crippen LogP contribution is -2.11. The van der Waals surface area contributed by atoms with E-state index in [0.717, 1.165) is 28.3 Å². The second kappa shape index (κ2) is 5.17. The summed E-state index contributed by atoms with van der Waals surface area (Å²) in [6.07, 6.45) is 1.92. The first-order valence-corrected chi connectivity index (χ1v) is 6.30. The molecule has 3 nitrogen and oxygen atoms in total. The fourth-order valence-electron chi connectivity index (χ4n) is 1.47. The third kappa shape index (κ3) is 2.97. The van der Waals surface area contributed by atoms with Crippen molar-refractivity contribution in [2.45, 2.75) is 18.9 Å². The molecule has 1 aromatic carbocycles. The molecule has 88 valence electrons. The number of aliphatic hydroxyl groups excluding tert-OH is 1. The SMILES string of the molecule is NCC(O)c1ccc(Br)c(OCC2CC2)c1. The van der Waals surface area contributed by atoms with Gasteiger partial charge in [-0.15, -0.1) is 0 Å². The van der Waals surface area contributed by atoms with E-state index in [2.05, 4.69) is 15.9 Å². The fourth-order valence-corrected chi connectivity index (χ4v) is 1.83. The minimum Gasteiger partial charge on any atom is -0.492 e. The van der Waals surface area contributed by atoms with Crippen LogP contribution in [0.2, 0.25) is 0 Å². The summed E-state index contributed by atoms with van der Waals surface area (Å²) < 4.78 is 6.61. The van der Waals surface area contributed by atoms with E-state index < -0.39 is 6.10 Å². The maximum Gasteiger partial charge on any atom is 0.133 e. The fraction of sp³-hybridized carbons (Fsp3) is 0.500. The number of ether oxygens (including phenoxy) is 1. The minimum absolute atomic E-state index is 0.226. The van der Waals surface area contributed by atoms with Gasteiger partial charge >= 0.3 is 0 Å². The molecule has 4 heteroatoms. The third-order valence-electron chi connectivity index (χ3n) is 2.73. The summed E-state index contributed by atoms with van der Waals surface area (Å²) in [5, 5.41) is 9.64. The van der Waals surface area contributed by atoms with E-state index in [4.69, 9.17) is 10.5 Å². The van der Waals surface area contributed by atoms with Gasteiger partial charge in [-0.25, -0.2) is 0 Å². The van der Waals surface area contributed by atoms with Crippen molar-refractivity contribution in [3.05, 3.63) is 28.2 Å². The Bertz CT molecular complexity index is 366. The molecule has 1 aromatic rings. The molecule has 0 amide bonds. The molecule has 0 radical (unpaired) electrons. The van der Waals surface area contributed by atoms with Crippen molar-refractivity contribution in [2.75, 3.05) is 13.2 Å². The highest BCUT2D eigenvalue weighted by Crippen LogP contribution is 2.33. The molecule has 0 aliphatic heterocycles. The molecule has 0 spiro atoms. The maximum absolute atomic E-state index is 9.64. The summed E-state index contributed by atoms with van der Waals surface area (Å²) in [5.41, 5.74) is 6.22. The Balaban J connectivity index is 2.07. The highest BCUT2D eigenvalue weighted by atomic mass is 79.9. The summed E-state index contributed by atoms with van der Waals surface area (Å²) in [7, 11) is 0. The largest absolute Gasteiger partial charge is 0.492 e. The van der Waals surface area contributed by atoms with Gasteiger partial charge in [-0.05, 0) is 52.4 Å². The van der Waals surface area contributed by atoms with Gasteiger partial charge in [0.1, 0.15) is 5.75 Å². The van der Waals surface area contributed by atoms with Crippen molar-refractivity contribution in [3.63, 3.8) is 0 Å². The molecule has 0 saturated heterocycles. The molecule has 1 unspecified atom stereocenters. The molecule has 0 aromatic heterocycles. The van der Waals surface area contributed by atoms with Crippen LogP contribution in [0.5, 0.6) is 5.75 Å². The molecule has 2 rings (SSSR count). The van der Waals surface area contributed by atoms with Crippen LogP contribution < -0.4 is 10.5 Å². The van der Waals surface area contributed by atoms with E-state index in [0.29, 0.717) is 0 Å². The van der Waals surface area contributed by atoms with Gasteiger partial charge in [-0.2, -0.15) is 0 Å². The van der Waals surface area contributed by atoms with Crippen molar-refractivity contribution in [1.29, 1.82) is 0 Å². The van der Waals surface area contributed by atoms with Gasteiger partial charge in [0.05, 0.1) is 17.2 Å². The second-order valence-corrected chi connectivity index (χ2v) is 5.05. The van der Waals surface area contributed by atoms with Gasteiger partial charge in [0, 0.05) is 6.54 Å². The Morgan fingerprint density at radius 1 is 1.50 bits per heavy atom. The number of hydrogen-bond acceptors (Lipinski definition) is 3. The first kappa shape index (κ1) is 11.9. The summed E-state index contributed by atoms with van der Waals surface area (Å²) in [6.45, 7) is 0.991. The van der Waals surface area contributed by atoms with Crippen molar-refractivity contribution >= 4 is 15.9 Å². The predicted molar refractivity (Wildman–Crippen MR) is 66.4 cm³/mol. The van der Waals surface area contributed by atoms with Gasteiger partial charge in [0.25, 0.3) is 0 Å². The Kier molecular flexibility index (Phi) is 3.84. The van der Waals surface area contributed by atoms with Gasteiger partial charge in [-0.3, -0.25) is 0 Å². The molecule has 1 saturated carbocycles. The second-order valence-electron chi connectivity index (χ2n) is 4.20. The molecular formula is C12H16BrNO2. The molecular weight excluding hydrogens is 270 g/mol. The summed E-state index contributed by atoms with van der Waals surface area (Å²) in [4.78, 5) is 0. The number of benzene rings is 1. The van der Waals surface area contributed by atoms with Crippen LogP contribution in [0.3, 0.4) is 0 Å². The van der Waals surface area contributed by atoms with Crippen LogP contribution in [-0.2, 0) is 0 Å². The molecule has 3 N–H and O–H groups in total. The molecule has 16 heavy (non-hydrogen) atoms. The highest BCUT2D eigenvalue weighted by molar-refractivity contribution is 9.10. The number of hydrogen-bond donors (Lipinski definition) is 2. The van der Waals surface area contributed by atoms with Gasteiger partial charge in [0.15, 0.2) is 0 Å². The number of aliphatic hydroxyl groups is 1. The monoisotopic (exact) mass is 285 g/mol. The molecule has 0 bridgehead atoms. The Hall–Kier alpha value is -0.580. The smallest absolute Gasteiger partial charge is 0.133 e. The van der Waals surface area contributed by atoms with Crippen LogP contribution in [0.25, 0.3) is 0 Å². The zero-order valence-electron chi connectivity index (χ0n) is 9.03. The van der Waals surface area contributed by atoms with E-state index in [9.17, 15) is 5.11 Å². The lowest BCUT2D eigenvalue weighted by molar-refractivity contribution is 0.186. The maximum atomic E-state index is 9.64. The average molecular weight is 286 g/mol. The van der Waals surface area contributed by atoms with Crippen molar-refractivity contribution < 1.29 is 9.84 Å². The Morgan fingerprint density at radius 2 is 2.25 bits per heavy atom. The quantitative estimate of drug-likeness (QED) is 0.872. The lowest BCUT2D eigenvalue weighted by Gasteiger charge is -2.12. The zero-order chi connectivity index (χ0) is 11.5. The minimum atomic E-state index is -0.614. The molecule has 1 atom stereocenters. The highest BCUT2D eigenvalue weighted by Gasteiger charge is 2.22. The van der Waals surface area contributed by atoms with E-state index in [1.807, 2.05) is 18.2 Å². The number of nitrogens with two attached hydrogens (primary N) is 1. The van der Waals surface area contributed by atoms with Crippen LogP contribution in [0.4, 0.5) is 0 Å². The van der Waals surface area contributed by atoms with E-state index in [1.165, 1.54) is 12.8 Å². The van der Waals surface area contributed by atoms with Crippen LogP contribution in [0.1, 0.15) is 24.5 Å². The van der Waals surface area contributed by atoms with Crippen LogP contribution in [0.15, 0.2) is 22.7 Å². The summed E-state index contributed by atoms with van der Waals surface area (Å²) in [5.74, 6) is 1.51. The topological polar surface area (TPSA) is 55.5 Å². The van der Waals surface area contributed by atoms with E-state index >= 15 is 0 Å². The van der Waals surface area contributed by atoms with Crippen molar-refractivity contribution in [3.8, 4) is 5.75 Å². The van der Waals surface area contributed by atoms with Crippen LogP contribution in [-0.4, -0.2) is 18.3 Å². The average Bonchev–Trinajstić information content (AvgIpc) is 3.11. The summed E-state index contributed by atoms with van der Waals surface area (Å²) >= 11 is 3.43. The lowest BCUT2D eigenvalue weighted by atomic mass is 10.1. The van der Waals surface area contributed by atoms with Crippen molar-refractivity contribution in [1.82, 2.24) is 0 Å². The Morgan fingerprint density at radius 3 is 2.88 bits per heavy atom. The number of halogens is 1. The van der Waals surface area contributed by atoms with E-state index in [1.54, 1.807) is 0 Å². The predicted octanol–water partition coefficient (Wildman–Crippen LogP) is 2.23. The first-order chi connectivity index (χ1) is 7.70. The standard InChI is InChI=1S/C12H16BrNO2/c13-10-4-3-9(11(15)6-14)5-12(10)16-7-8-1-2-8/h3-5,8,11,15H,1-2,6-7,14H2. The molecule has 1 aliphatic carbocycles. The summed E-state index contributed by atoms with van der Waals surface area (Å²) in [6, 6.07) is 5.59. The first-order valence-electron chi connectivity index (χ1n) is 5.51. The molecule has 1 fully saturated rings. The van der Waals surface area contributed by atoms with Gasteiger partial charge in [0.2, 0.25) is 0 Å². The van der Waals surface area contributed by atoms with Gasteiger partial charge < -0.3 is 15.6 Å². The number of rotatable bonds is 5. The molecule has 0 heterocycles. The van der Waals surface area contributed by atoms with Crippen LogP contribution in [0, 0.1) is 5.92 Å². The third-order valence-corrected chi connectivity index (χ3v) is 3.39. The molecule has 1 aliphatic rings. The zero-order valence-corrected chi connectivity index (χ0v) is 10.6.